The number of benzene rings is 2. The van der Waals surface area contributed by atoms with Gasteiger partial charge < -0.3 is 14.4 Å². The molecule has 1 amide bonds. The fourth-order valence-corrected chi connectivity index (χ4v) is 6.20. The number of nitrogens with zero attached hydrogens (tertiary/aromatic N) is 1. The molecule has 0 bridgehead atoms. The first-order valence-corrected chi connectivity index (χ1v) is 11.2. The standard InChI is InChI=1S/C22H27NO5S/c1-4-28-21(24)23-15-13-22(14-16-23,20-8-6-5-7-17(20)2)29(25,26)19-11-9-18(27-3)10-12-19/h5-12H,4,13-16H2,1-3H3. The second-order valence-corrected chi connectivity index (χ2v) is 9.43. The molecule has 156 valence electrons. The van der Waals surface area contributed by atoms with Gasteiger partial charge in [-0.25, -0.2) is 13.2 Å². The van der Waals surface area contributed by atoms with Crippen LogP contribution in [0.25, 0.3) is 0 Å². The Morgan fingerprint density at radius 2 is 1.69 bits per heavy atom. The molecule has 1 heterocycles. The molecule has 0 aromatic heterocycles. The molecule has 1 saturated heterocycles. The van der Waals surface area contributed by atoms with Gasteiger partial charge in [-0.2, -0.15) is 0 Å². The van der Waals surface area contributed by atoms with Crippen molar-refractivity contribution in [3.8, 4) is 5.75 Å². The van der Waals surface area contributed by atoms with Crippen molar-refractivity contribution in [2.75, 3.05) is 26.8 Å². The van der Waals surface area contributed by atoms with Crippen LogP contribution in [-0.2, 0) is 19.3 Å². The molecule has 29 heavy (non-hydrogen) atoms. The van der Waals surface area contributed by atoms with E-state index >= 15 is 0 Å². The van der Waals surface area contributed by atoms with Gasteiger partial charge in [0.25, 0.3) is 0 Å². The van der Waals surface area contributed by atoms with E-state index in [0.29, 0.717) is 38.3 Å². The summed E-state index contributed by atoms with van der Waals surface area (Å²) in [6.07, 6.45) is 0.225. The first-order valence-electron chi connectivity index (χ1n) is 9.72. The maximum absolute atomic E-state index is 13.9. The van der Waals surface area contributed by atoms with Gasteiger partial charge in [-0.05, 0) is 62.1 Å². The molecular weight excluding hydrogens is 390 g/mol. The van der Waals surface area contributed by atoms with E-state index in [0.717, 1.165) is 11.1 Å². The monoisotopic (exact) mass is 417 g/mol. The summed E-state index contributed by atoms with van der Waals surface area (Å²) in [5, 5.41) is 0. The molecule has 1 aliphatic heterocycles. The number of hydrogen-bond donors (Lipinski definition) is 0. The minimum Gasteiger partial charge on any atom is -0.497 e. The Kier molecular flexibility index (Phi) is 6.17. The van der Waals surface area contributed by atoms with Gasteiger partial charge in [0.2, 0.25) is 0 Å². The van der Waals surface area contributed by atoms with Crippen molar-refractivity contribution in [2.45, 2.75) is 36.3 Å². The summed E-state index contributed by atoms with van der Waals surface area (Å²) in [5.74, 6) is 0.603. The molecule has 0 spiro atoms. The van der Waals surface area contributed by atoms with Crippen LogP contribution in [0.2, 0.25) is 0 Å². The highest BCUT2D eigenvalue weighted by Gasteiger charge is 2.49. The summed E-state index contributed by atoms with van der Waals surface area (Å²) < 4.78 is 36.9. The number of aryl methyl sites for hydroxylation is 1. The third-order valence-electron chi connectivity index (χ3n) is 5.62. The summed E-state index contributed by atoms with van der Waals surface area (Å²) in [7, 11) is -2.17. The van der Waals surface area contributed by atoms with Crippen molar-refractivity contribution in [1.29, 1.82) is 0 Å². The predicted octanol–water partition coefficient (Wildman–Crippen LogP) is 3.93. The SMILES string of the molecule is CCOC(=O)N1CCC(c2ccccc2C)(S(=O)(=O)c2ccc(OC)cc2)CC1. The number of methoxy groups -OCH3 is 1. The molecule has 7 heteroatoms. The highest BCUT2D eigenvalue weighted by Crippen LogP contribution is 2.45. The van der Waals surface area contributed by atoms with Crippen molar-refractivity contribution in [2.24, 2.45) is 0 Å². The predicted molar refractivity (Wildman–Crippen MR) is 111 cm³/mol. The number of piperidine rings is 1. The van der Waals surface area contributed by atoms with Crippen LogP contribution in [0.1, 0.15) is 30.9 Å². The zero-order valence-corrected chi connectivity index (χ0v) is 17.9. The van der Waals surface area contributed by atoms with Crippen LogP contribution >= 0.6 is 0 Å². The van der Waals surface area contributed by atoms with Gasteiger partial charge in [0, 0.05) is 13.1 Å². The maximum atomic E-state index is 13.9. The fraction of sp³-hybridized carbons (Fsp3) is 0.409. The molecule has 0 saturated carbocycles. The van der Waals surface area contributed by atoms with Crippen LogP contribution in [-0.4, -0.2) is 46.2 Å². The largest absolute Gasteiger partial charge is 0.497 e. The summed E-state index contributed by atoms with van der Waals surface area (Å²) in [6, 6.07) is 14.1. The van der Waals surface area contributed by atoms with Gasteiger partial charge in [-0.3, -0.25) is 0 Å². The Hall–Kier alpha value is -2.54. The molecule has 0 radical (unpaired) electrons. The lowest BCUT2D eigenvalue weighted by Crippen LogP contribution is -2.49. The maximum Gasteiger partial charge on any atom is 0.409 e. The minimum absolute atomic E-state index is 0.256. The average Bonchev–Trinajstić information content (AvgIpc) is 2.74. The first-order chi connectivity index (χ1) is 13.9. The van der Waals surface area contributed by atoms with Crippen molar-refractivity contribution in [3.63, 3.8) is 0 Å². The van der Waals surface area contributed by atoms with E-state index < -0.39 is 20.7 Å². The number of sulfone groups is 1. The Morgan fingerprint density at radius 1 is 1.07 bits per heavy atom. The second kappa shape index (κ2) is 8.45. The van der Waals surface area contributed by atoms with E-state index in [-0.39, 0.29) is 4.90 Å². The van der Waals surface area contributed by atoms with Crippen molar-refractivity contribution in [1.82, 2.24) is 4.90 Å². The smallest absolute Gasteiger partial charge is 0.409 e. The highest BCUT2D eigenvalue weighted by atomic mass is 32.2. The van der Waals surface area contributed by atoms with E-state index in [4.69, 9.17) is 9.47 Å². The number of likely N-dealkylation sites (tertiary alicyclic amines) is 1. The zero-order chi connectivity index (χ0) is 21.1. The van der Waals surface area contributed by atoms with Gasteiger partial charge in [-0.15, -0.1) is 0 Å². The molecule has 0 atom stereocenters. The number of amides is 1. The molecule has 1 fully saturated rings. The Morgan fingerprint density at radius 3 is 2.24 bits per heavy atom. The quantitative estimate of drug-likeness (QED) is 0.737. The van der Waals surface area contributed by atoms with Crippen LogP contribution in [0.5, 0.6) is 5.75 Å². The van der Waals surface area contributed by atoms with Gasteiger partial charge in [0.05, 0.1) is 18.6 Å². The topological polar surface area (TPSA) is 72.9 Å². The van der Waals surface area contributed by atoms with E-state index in [2.05, 4.69) is 0 Å². The number of ether oxygens (including phenoxy) is 2. The molecule has 0 aliphatic carbocycles. The molecule has 2 aromatic carbocycles. The zero-order valence-electron chi connectivity index (χ0n) is 17.1. The van der Waals surface area contributed by atoms with Crippen molar-refractivity contribution < 1.29 is 22.7 Å². The van der Waals surface area contributed by atoms with Gasteiger partial charge >= 0.3 is 6.09 Å². The van der Waals surface area contributed by atoms with Crippen LogP contribution in [0.15, 0.2) is 53.4 Å². The van der Waals surface area contributed by atoms with Gasteiger partial charge in [0.1, 0.15) is 10.5 Å². The summed E-state index contributed by atoms with van der Waals surface area (Å²) >= 11 is 0. The lowest BCUT2D eigenvalue weighted by Gasteiger charge is -2.41. The normalized spacial score (nSPS) is 16.3. The van der Waals surface area contributed by atoms with Crippen molar-refractivity contribution in [3.05, 3.63) is 59.7 Å². The van der Waals surface area contributed by atoms with Crippen LogP contribution < -0.4 is 4.74 Å². The Balaban J connectivity index is 2.05. The van der Waals surface area contributed by atoms with E-state index in [1.165, 1.54) is 0 Å². The molecule has 1 aliphatic rings. The van der Waals surface area contributed by atoms with Gasteiger partial charge in [0.15, 0.2) is 9.84 Å². The number of rotatable bonds is 5. The van der Waals surface area contributed by atoms with Crippen molar-refractivity contribution >= 4 is 15.9 Å². The molecule has 0 unspecified atom stereocenters. The number of carbonyl (C=O) groups excluding carboxylic acids is 1. The highest BCUT2D eigenvalue weighted by molar-refractivity contribution is 7.92. The second-order valence-electron chi connectivity index (χ2n) is 7.17. The third kappa shape index (κ3) is 3.83. The van der Waals surface area contributed by atoms with E-state index in [9.17, 15) is 13.2 Å². The fourth-order valence-electron chi connectivity index (χ4n) is 4.01. The third-order valence-corrected chi connectivity index (χ3v) is 8.17. The lowest BCUT2D eigenvalue weighted by molar-refractivity contribution is 0.0939. The molecule has 0 N–H and O–H groups in total. The average molecular weight is 418 g/mol. The van der Waals surface area contributed by atoms with Crippen LogP contribution in [0.4, 0.5) is 4.79 Å². The Bertz CT molecular complexity index is 961. The van der Waals surface area contributed by atoms with E-state index in [1.54, 1.807) is 43.2 Å². The van der Waals surface area contributed by atoms with E-state index in [1.807, 2.05) is 31.2 Å². The summed E-state index contributed by atoms with van der Waals surface area (Å²) in [4.78, 5) is 14.0. The molecule has 2 aromatic rings. The molecule has 3 rings (SSSR count). The number of carbonyl (C=O) groups is 1. The minimum atomic E-state index is -3.72. The first kappa shape index (κ1) is 21.2. The van der Waals surface area contributed by atoms with Crippen LogP contribution in [0, 0.1) is 6.92 Å². The molecular formula is C22H27NO5S. The summed E-state index contributed by atoms with van der Waals surface area (Å²) in [5.41, 5.74) is 1.72. The summed E-state index contributed by atoms with van der Waals surface area (Å²) in [6.45, 7) is 4.62. The number of hydrogen-bond acceptors (Lipinski definition) is 5. The lowest BCUT2D eigenvalue weighted by atomic mass is 9.86. The molecule has 6 nitrogen and oxygen atoms in total. The Labute approximate surface area is 172 Å². The van der Waals surface area contributed by atoms with Gasteiger partial charge in [-0.1, -0.05) is 24.3 Å². The van der Waals surface area contributed by atoms with Crippen LogP contribution in [0.3, 0.4) is 0 Å².